The van der Waals surface area contributed by atoms with Crippen LogP contribution in [0.15, 0.2) is 24.3 Å². The molecular formula is C22H40N2. The fourth-order valence-corrected chi connectivity index (χ4v) is 3.90. The minimum atomic E-state index is 0.491. The molecule has 0 radical (unpaired) electrons. The SMILES string of the molecule is CC.Cc1cccc([C@@H](C)N2C[C@@H](C(C)C)N(C(C)C)C[C@H]2C)c1. The molecule has 24 heavy (non-hydrogen) atoms. The fraction of sp³-hybridized carbons (Fsp3) is 0.727. The molecule has 0 saturated carbocycles. The van der Waals surface area contributed by atoms with Crippen LogP contribution in [0.5, 0.6) is 0 Å². The molecule has 0 amide bonds. The van der Waals surface area contributed by atoms with Crippen LogP contribution in [0.2, 0.25) is 0 Å². The summed E-state index contributed by atoms with van der Waals surface area (Å²) in [5.74, 6) is 0.696. The van der Waals surface area contributed by atoms with Gasteiger partial charge < -0.3 is 0 Å². The first-order chi connectivity index (χ1) is 11.3. The summed E-state index contributed by atoms with van der Waals surface area (Å²) in [5, 5.41) is 0. The van der Waals surface area contributed by atoms with Crippen molar-refractivity contribution in [2.24, 2.45) is 5.92 Å². The number of hydrogen-bond acceptors (Lipinski definition) is 2. The van der Waals surface area contributed by atoms with Gasteiger partial charge in [0.25, 0.3) is 0 Å². The molecule has 0 N–H and O–H groups in total. The van der Waals surface area contributed by atoms with Crippen LogP contribution in [0.4, 0.5) is 0 Å². The maximum absolute atomic E-state index is 2.71. The van der Waals surface area contributed by atoms with E-state index in [2.05, 4.69) is 82.5 Å². The third-order valence-electron chi connectivity index (χ3n) is 5.32. The molecular weight excluding hydrogens is 292 g/mol. The molecule has 2 nitrogen and oxygen atoms in total. The summed E-state index contributed by atoms with van der Waals surface area (Å²) in [7, 11) is 0. The van der Waals surface area contributed by atoms with Crippen molar-refractivity contribution in [3.63, 3.8) is 0 Å². The number of nitrogens with zero attached hydrogens (tertiary/aromatic N) is 2. The van der Waals surface area contributed by atoms with E-state index in [1.54, 1.807) is 0 Å². The Morgan fingerprint density at radius 1 is 0.958 bits per heavy atom. The van der Waals surface area contributed by atoms with Gasteiger partial charge in [-0.05, 0) is 46.1 Å². The molecule has 1 aliphatic rings. The maximum atomic E-state index is 2.71. The van der Waals surface area contributed by atoms with E-state index in [1.807, 2.05) is 13.8 Å². The predicted octanol–water partition coefficient (Wildman–Crippen LogP) is 5.52. The Morgan fingerprint density at radius 2 is 1.58 bits per heavy atom. The maximum Gasteiger partial charge on any atom is 0.0324 e. The van der Waals surface area contributed by atoms with E-state index in [0.29, 0.717) is 30.1 Å². The highest BCUT2D eigenvalue weighted by molar-refractivity contribution is 5.25. The molecule has 1 aromatic rings. The van der Waals surface area contributed by atoms with Gasteiger partial charge in [-0.15, -0.1) is 0 Å². The average molecular weight is 333 g/mol. The highest BCUT2D eigenvalue weighted by atomic mass is 15.3. The second-order valence-electron chi connectivity index (χ2n) is 7.74. The molecule has 1 fully saturated rings. The Labute approximate surface area is 151 Å². The Hall–Kier alpha value is -0.860. The quantitative estimate of drug-likeness (QED) is 0.716. The van der Waals surface area contributed by atoms with Crippen LogP contribution in [0.25, 0.3) is 0 Å². The third-order valence-corrected chi connectivity index (χ3v) is 5.32. The molecule has 0 aromatic heterocycles. The van der Waals surface area contributed by atoms with Crippen molar-refractivity contribution in [1.29, 1.82) is 0 Å². The van der Waals surface area contributed by atoms with Crippen LogP contribution in [0.1, 0.15) is 72.6 Å². The van der Waals surface area contributed by atoms with Crippen molar-refractivity contribution in [2.75, 3.05) is 13.1 Å². The van der Waals surface area contributed by atoms with E-state index in [0.717, 1.165) is 0 Å². The Morgan fingerprint density at radius 3 is 2.08 bits per heavy atom. The summed E-state index contributed by atoms with van der Waals surface area (Å²) in [6, 6.07) is 11.4. The van der Waals surface area contributed by atoms with Gasteiger partial charge in [0.1, 0.15) is 0 Å². The van der Waals surface area contributed by atoms with Gasteiger partial charge in [0, 0.05) is 37.3 Å². The zero-order valence-electron chi connectivity index (χ0n) is 17.5. The molecule has 1 aliphatic heterocycles. The van der Waals surface area contributed by atoms with Crippen LogP contribution in [0.3, 0.4) is 0 Å². The van der Waals surface area contributed by atoms with Crippen molar-refractivity contribution in [3.05, 3.63) is 35.4 Å². The summed E-state index contributed by atoms with van der Waals surface area (Å²) < 4.78 is 0. The molecule has 138 valence electrons. The molecule has 3 atom stereocenters. The molecule has 0 spiro atoms. The number of benzene rings is 1. The van der Waals surface area contributed by atoms with Crippen molar-refractivity contribution >= 4 is 0 Å². The second kappa shape index (κ2) is 9.58. The van der Waals surface area contributed by atoms with E-state index >= 15 is 0 Å². The fourth-order valence-electron chi connectivity index (χ4n) is 3.90. The first-order valence-electron chi connectivity index (χ1n) is 9.89. The Bertz CT molecular complexity index is 481. The zero-order chi connectivity index (χ0) is 18.4. The lowest BCUT2D eigenvalue weighted by Gasteiger charge is -2.50. The summed E-state index contributed by atoms with van der Waals surface area (Å²) in [6.45, 7) is 22.7. The first kappa shape index (κ1) is 21.2. The van der Waals surface area contributed by atoms with Crippen LogP contribution < -0.4 is 0 Å². The molecule has 0 bridgehead atoms. The van der Waals surface area contributed by atoms with Crippen molar-refractivity contribution in [2.45, 2.75) is 86.5 Å². The van der Waals surface area contributed by atoms with E-state index in [9.17, 15) is 0 Å². The minimum Gasteiger partial charge on any atom is -0.295 e. The summed E-state index contributed by atoms with van der Waals surface area (Å²) in [4.78, 5) is 5.41. The molecule has 1 saturated heterocycles. The van der Waals surface area contributed by atoms with Gasteiger partial charge in [-0.25, -0.2) is 0 Å². The van der Waals surface area contributed by atoms with Crippen LogP contribution in [-0.2, 0) is 0 Å². The molecule has 1 aromatic carbocycles. The Kier molecular flexibility index (Phi) is 8.45. The lowest BCUT2D eigenvalue weighted by molar-refractivity contribution is -0.0205. The van der Waals surface area contributed by atoms with Crippen LogP contribution >= 0.6 is 0 Å². The zero-order valence-corrected chi connectivity index (χ0v) is 17.5. The third kappa shape index (κ3) is 5.07. The number of aryl methyl sites for hydroxylation is 1. The molecule has 1 heterocycles. The molecule has 2 heteroatoms. The van der Waals surface area contributed by atoms with Gasteiger partial charge in [-0.3, -0.25) is 9.80 Å². The van der Waals surface area contributed by atoms with Crippen molar-refractivity contribution in [1.82, 2.24) is 9.80 Å². The second-order valence-corrected chi connectivity index (χ2v) is 7.74. The van der Waals surface area contributed by atoms with Gasteiger partial charge in [0.05, 0.1) is 0 Å². The van der Waals surface area contributed by atoms with E-state index < -0.39 is 0 Å². The van der Waals surface area contributed by atoms with Gasteiger partial charge in [0.2, 0.25) is 0 Å². The van der Waals surface area contributed by atoms with Crippen molar-refractivity contribution in [3.8, 4) is 0 Å². The molecule has 0 aliphatic carbocycles. The lowest BCUT2D eigenvalue weighted by Crippen LogP contribution is -2.61. The molecule has 0 unspecified atom stereocenters. The average Bonchev–Trinajstić information content (AvgIpc) is 2.55. The Balaban J connectivity index is 0.00000139. The summed E-state index contributed by atoms with van der Waals surface area (Å²) in [5.41, 5.74) is 2.81. The topological polar surface area (TPSA) is 6.48 Å². The van der Waals surface area contributed by atoms with Crippen molar-refractivity contribution < 1.29 is 0 Å². The normalized spacial score (nSPS) is 24.0. The smallest absolute Gasteiger partial charge is 0.0324 e. The minimum absolute atomic E-state index is 0.491. The standard InChI is InChI=1S/C20H34N2.C2H6/c1-14(2)20-13-22(17(6)12-21(20)15(3)4)18(7)19-10-8-9-16(5)11-19;1-2/h8-11,14-15,17-18,20H,12-13H2,1-7H3;1-2H3/t17-,18-,20+;/m1./s1. The lowest BCUT2D eigenvalue weighted by atomic mass is 9.93. The highest BCUT2D eigenvalue weighted by Gasteiger charge is 2.36. The monoisotopic (exact) mass is 332 g/mol. The number of hydrogen-bond donors (Lipinski definition) is 0. The van der Waals surface area contributed by atoms with E-state index in [-0.39, 0.29) is 0 Å². The summed E-state index contributed by atoms with van der Waals surface area (Å²) in [6.07, 6.45) is 0. The highest BCUT2D eigenvalue weighted by Crippen LogP contribution is 2.30. The van der Waals surface area contributed by atoms with Gasteiger partial charge in [-0.2, -0.15) is 0 Å². The van der Waals surface area contributed by atoms with Gasteiger partial charge in [-0.1, -0.05) is 57.5 Å². The van der Waals surface area contributed by atoms with E-state index in [4.69, 9.17) is 0 Å². The predicted molar refractivity (Wildman–Crippen MR) is 108 cm³/mol. The van der Waals surface area contributed by atoms with Gasteiger partial charge >= 0.3 is 0 Å². The number of piperazine rings is 1. The van der Waals surface area contributed by atoms with Crippen LogP contribution in [-0.4, -0.2) is 41.0 Å². The largest absolute Gasteiger partial charge is 0.295 e. The summed E-state index contributed by atoms with van der Waals surface area (Å²) >= 11 is 0. The first-order valence-corrected chi connectivity index (χ1v) is 9.89. The van der Waals surface area contributed by atoms with Gasteiger partial charge in [0.15, 0.2) is 0 Å². The molecule has 2 rings (SSSR count). The van der Waals surface area contributed by atoms with E-state index in [1.165, 1.54) is 24.2 Å². The number of rotatable bonds is 4. The van der Waals surface area contributed by atoms with Crippen LogP contribution in [0, 0.1) is 12.8 Å².